The number of phosphoric acid groups is 1. The highest BCUT2D eigenvalue weighted by Crippen LogP contribution is 2.36. The summed E-state index contributed by atoms with van der Waals surface area (Å²) in [5.74, 6) is 0. The Hall–Kier alpha value is -1.01. The fraction of sp³-hybridized carbons (Fsp3) is 0.429. The van der Waals surface area contributed by atoms with E-state index in [4.69, 9.17) is 14.5 Å². The third-order valence-electron chi connectivity index (χ3n) is 2.91. The van der Waals surface area contributed by atoms with Gasteiger partial charge in [0.25, 0.3) is 0 Å². The fourth-order valence-electron chi connectivity index (χ4n) is 1.60. The predicted molar refractivity (Wildman–Crippen MR) is 81.1 cm³/mol. The average molecular weight is 316 g/mol. The number of benzene rings is 1. The van der Waals surface area contributed by atoms with Gasteiger partial charge in [-0.1, -0.05) is 36.9 Å². The van der Waals surface area contributed by atoms with E-state index in [0.717, 1.165) is 11.1 Å². The lowest BCUT2D eigenvalue weighted by molar-refractivity contribution is -0.920. The van der Waals surface area contributed by atoms with Gasteiger partial charge in [0.05, 0.1) is 27.7 Å². The predicted octanol–water partition coefficient (Wildman–Crippen LogP) is 1.99. The first-order chi connectivity index (χ1) is 9.62. The largest absolute Gasteiger partial charge is 0.469 e. The molecule has 0 radical (unpaired) electrons. The first-order valence-electron chi connectivity index (χ1n) is 6.46. The maximum absolute atomic E-state index is 10.8. The monoisotopic (exact) mass is 316 g/mol. The lowest BCUT2D eigenvalue weighted by atomic mass is 10.1. The summed E-state index contributed by atoms with van der Waals surface area (Å²) in [5.41, 5.74) is 1.99. The summed E-state index contributed by atoms with van der Waals surface area (Å²) in [6.45, 7) is 3.84. The highest BCUT2D eigenvalue weighted by molar-refractivity contribution is 7.46. The van der Waals surface area contributed by atoms with Crippen molar-refractivity contribution >= 4 is 13.9 Å². The number of rotatable bonds is 8. The van der Waals surface area contributed by atoms with Crippen molar-refractivity contribution in [2.75, 3.05) is 27.7 Å². The van der Waals surface area contributed by atoms with Crippen LogP contribution in [-0.2, 0) is 20.4 Å². The van der Waals surface area contributed by atoms with Crippen molar-refractivity contribution in [2.24, 2.45) is 0 Å². The Balaban J connectivity index is 2.64. The summed E-state index contributed by atoms with van der Waals surface area (Å²) in [4.78, 5) is 17.6. The zero-order valence-electron chi connectivity index (χ0n) is 12.6. The molecule has 7 heteroatoms. The Morgan fingerprint density at radius 1 is 1.29 bits per heavy atom. The van der Waals surface area contributed by atoms with E-state index in [1.807, 2.05) is 45.4 Å². The van der Waals surface area contributed by atoms with Crippen LogP contribution in [0.2, 0.25) is 0 Å². The molecule has 0 aliphatic heterocycles. The maximum Gasteiger partial charge on any atom is 0.469 e. The minimum Gasteiger partial charge on any atom is -0.322 e. The molecule has 0 bridgehead atoms. The lowest BCUT2D eigenvalue weighted by Crippen LogP contribution is -2.49. The molecule has 0 amide bonds. The van der Waals surface area contributed by atoms with E-state index in [-0.39, 0.29) is 6.61 Å². The van der Waals surface area contributed by atoms with Crippen LogP contribution in [0.5, 0.6) is 0 Å². The molecule has 0 saturated heterocycles. The van der Waals surface area contributed by atoms with Crippen molar-refractivity contribution < 1.29 is 28.1 Å². The first kappa shape index (κ1) is 18.0. The van der Waals surface area contributed by atoms with Crippen LogP contribution in [-0.4, -0.2) is 48.2 Å². The van der Waals surface area contributed by atoms with Gasteiger partial charge in [0.15, 0.2) is 0 Å². The Kier molecular flexibility index (Phi) is 6.28. The molecule has 0 saturated carbocycles. The van der Waals surface area contributed by atoms with Crippen LogP contribution in [0.4, 0.5) is 0 Å². The smallest absolute Gasteiger partial charge is 0.322 e. The number of hydrogen-bond donors (Lipinski definition) is 2. The quantitative estimate of drug-likeness (QED) is 0.436. The fourth-order valence-corrected chi connectivity index (χ4v) is 1.92. The summed E-state index contributed by atoms with van der Waals surface area (Å²) in [6, 6.07) is 7.71. The van der Waals surface area contributed by atoms with E-state index in [0.29, 0.717) is 11.1 Å². The first-order valence-corrected chi connectivity index (χ1v) is 7.99. The van der Waals surface area contributed by atoms with Crippen molar-refractivity contribution in [2.45, 2.75) is 12.8 Å². The van der Waals surface area contributed by atoms with E-state index < -0.39 is 14.1 Å². The molecule has 2 N–H and O–H groups in total. The lowest BCUT2D eigenvalue weighted by Gasteiger charge is -2.33. The van der Waals surface area contributed by atoms with Gasteiger partial charge in [-0.2, -0.15) is 0 Å². The van der Waals surface area contributed by atoms with Crippen molar-refractivity contribution in [1.82, 2.24) is 0 Å². The number of ether oxygens (including phenoxy) is 1. The molecule has 0 heterocycles. The molecule has 0 aliphatic carbocycles. The van der Waals surface area contributed by atoms with Gasteiger partial charge < -0.3 is 19.0 Å². The Morgan fingerprint density at radius 3 is 2.29 bits per heavy atom. The average Bonchev–Trinajstić information content (AvgIpc) is 2.36. The standard InChI is InChI=1S/C14H22NO5P/c1-5-12-6-8-13(9-7-12)10-19-14(15(2,3)4)11-20-21(16,17)18/h5-9,14H,1,10-11H2,2-4H3,(H-,16,17,18)/p+1. The minimum atomic E-state index is -4.50. The molecule has 6 nitrogen and oxygen atoms in total. The van der Waals surface area contributed by atoms with Gasteiger partial charge in [-0.25, -0.2) is 4.57 Å². The summed E-state index contributed by atoms with van der Waals surface area (Å²) in [6.07, 6.45) is 1.27. The molecule has 118 valence electrons. The van der Waals surface area contributed by atoms with Crippen molar-refractivity contribution in [3.63, 3.8) is 0 Å². The Bertz CT molecular complexity index is 503. The van der Waals surface area contributed by atoms with Gasteiger partial charge in [-0.05, 0) is 11.1 Å². The molecule has 0 aromatic heterocycles. The Morgan fingerprint density at radius 2 is 1.86 bits per heavy atom. The molecule has 0 fully saturated rings. The van der Waals surface area contributed by atoms with Crippen LogP contribution in [0, 0.1) is 0 Å². The second-order valence-corrected chi connectivity index (χ2v) is 6.85. The van der Waals surface area contributed by atoms with Crippen LogP contribution in [0.15, 0.2) is 30.8 Å². The molecule has 1 rings (SSSR count). The number of hydrogen-bond acceptors (Lipinski definition) is 3. The van der Waals surface area contributed by atoms with Gasteiger partial charge in [0.1, 0.15) is 6.61 Å². The van der Waals surface area contributed by atoms with Gasteiger partial charge in [0, 0.05) is 0 Å². The van der Waals surface area contributed by atoms with E-state index >= 15 is 0 Å². The topological polar surface area (TPSA) is 76.0 Å². The zero-order chi connectivity index (χ0) is 16.1. The summed E-state index contributed by atoms with van der Waals surface area (Å²) in [7, 11) is 1.11. The van der Waals surface area contributed by atoms with Gasteiger partial charge in [-0.3, -0.25) is 4.52 Å². The molecule has 1 aromatic rings. The highest BCUT2D eigenvalue weighted by atomic mass is 31.2. The van der Waals surface area contributed by atoms with Crippen LogP contribution in [0.25, 0.3) is 6.08 Å². The number of likely N-dealkylation sites (N-methyl/N-ethyl adjacent to an activating group) is 1. The zero-order valence-corrected chi connectivity index (χ0v) is 13.5. The minimum absolute atomic E-state index is 0.182. The molecule has 1 unspecified atom stereocenters. The molecular weight excluding hydrogens is 293 g/mol. The third-order valence-corrected chi connectivity index (χ3v) is 3.39. The molecular formula is C14H23NO5P+. The highest BCUT2D eigenvalue weighted by Gasteiger charge is 2.28. The summed E-state index contributed by atoms with van der Waals surface area (Å²) < 4.78 is 21.5. The van der Waals surface area contributed by atoms with E-state index in [9.17, 15) is 4.57 Å². The van der Waals surface area contributed by atoms with Crippen molar-refractivity contribution in [3.05, 3.63) is 42.0 Å². The SMILES string of the molecule is C=Cc1ccc(COC(COP(=O)(O)O)[N+](C)(C)C)cc1. The van der Waals surface area contributed by atoms with Crippen LogP contribution in [0.1, 0.15) is 11.1 Å². The second kappa shape index (κ2) is 7.31. The summed E-state index contributed by atoms with van der Waals surface area (Å²) in [5, 5.41) is 0. The van der Waals surface area contributed by atoms with Gasteiger partial charge in [0.2, 0.25) is 6.23 Å². The Labute approximate surface area is 125 Å². The van der Waals surface area contributed by atoms with Gasteiger partial charge in [-0.15, -0.1) is 0 Å². The number of nitrogens with zero attached hydrogens (tertiary/aromatic N) is 1. The van der Waals surface area contributed by atoms with E-state index in [1.165, 1.54) is 0 Å². The second-order valence-electron chi connectivity index (χ2n) is 5.61. The van der Waals surface area contributed by atoms with Crippen LogP contribution < -0.4 is 0 Å². The molecule has 0 spiro atoms. The number of quaternary nitrogens is 1. The van der Waals surface area contributed by atoms with Gasteiger partial charge >= 0.3 is 7.82 Å². The number of phosphoric ester groups is 1. The third kappa shape index (κ3) is 7.00. The molecule has 1 aromatic carbocycles. The summed E-state index contributed by atoms with van der Waals surface area (Å²) >= 11 is 0. The molecule has 1 atom stereocenters. The van der Waals surface area contributed by atoms with Crippen LogP contribution in [0.3, 0.4) is 0 Å². The van der Waals surface area contributed by atoms with Crippen molar-refractivity contribution in [1.29, 1.82) is 0 Å². The molecule has 0 aliphatic rings. The van der Waals surface area contributed by atoms with E-state index in [1.54, 1.807) is 6.08 Å². The maximum atomic E-state index is 10.8. The van der Waals surface area contributed by atoms with E-state index in [2.05, 4.69) is 11.1 Å². The van der Waals surface area contributed by atoms with Crippen molar-refractivity contribution in [3.8, 4) is 0 Å². The normalized spacial score (nSPS) is 14.0. The van der Waals surface area contributed by atoms with Crippen LogP contribution >= 0.6 is 7.82 Å². The molecule has 21 heavy (non-hydrogen) atoms.